The van der Waals surface area contributed by atoms with E-state index in [9.17, 15) is 22.8 Å². The molecule has 1 N–H and O–H groups in total. The van der Waals surface area contributed by atoms with Crippen molar-refractivity contribution in [3.63, 3.8) is 0 Å². The maximum atomic E-state index is 13.5. The normalized spacial score (nSPS) is 22.0. The summed E-state index contributed by atoms with van der Waals surface area (Å²) in [4.78, 5) is 24.9. The summed E-state index contributed by atoms with van der Waals surface area (Å²) in [5.74, 6) is -2.67. The van der Waals surface area contributed by atoms with Crippen LogP contribution in [0.25, 0.3) is 0 Å². The molecule has 0 saturated carbocycles. The van der Waals surface area contributed by atoms with Gasteiger partial charge >= 0.3 is 12.1 Å². The third-order valence-corrected chi connectivity index (χ3v) is 4.24. The van der Waals surface area contributed by atoms with Crippen molar-refractivity contribution in [1.29, 1.82) is 0 Å². The molecule has 1 amide bonds. The number of halogens is 3. The standard InChI is InChI=1S/C15H20F3N3O3/c1-8-9(13(23)24)5-6-20(8)12(22)10-7-19-21(14(2,3)4)11(10)15(16,17)18/h7-9H,5-6H2,1-4H3,(H,23,24). The topological polar surface area (TPSA) is 75.4 Å². The maximum absolute atomic E-state index is 13.5. The van der Waals surface area contributed by atoms with E-state index in [1.807, 2.05) is 0 Å². The molecule has 24 heavy (non-hydrogen) atoms. The molecule has 2 rings (SSSR count). The minimum Gasteiger partial charge on any atom is -0.481 e. The zero-order valence-corrected chi connectivity index (χ0v) is 13.9. The van der Waals surface area contributed by atoms with Gasteiger partial charge in [-0.15, -0.1) is 0 Å². The van der Waals surface area contributed by atoms with Gasteiger partial charge in [0.25, 0.3) is 5.91 Å². The summed E-state index contributed by atoms with van der Waals surface area (Å²) in [6.07, 6.45) is -3.61. The van der Waals surface area contributed by atoms with Crippen LogP contribution in [0.1, 0.15) is 50.2 Å². The zero-order chi connectivity index (χ0) is 18.4. The predicted octanol–water partition coefficient (Wildman–Crippen LogP) is 2.59. The molecule has 134 valence electrons. The summed E-state index contributed by atoms with van der Waals surface area (Å²) in [5, 5.41) is 12.9. The SMILES string of the molecule is CC1C(C(=O)O)CCN1C(=O)c1cnn(C(C)(C)C)c1C(F)(F)F. The number of aromatic nitrogens is 2. The molecule has 1 aromatic heterocycles. The van der Waals surface area contributed by atoms with E-state index in [2.05, 4.69) is 5.10 Å². The van der Waals surface area contributed by atoms with Crippen molar-refractivity contribution in [3.8, 4) is 0 Å². The minimum atomic E-state index is -4.75. The predicted molar refractivity (Wildman–Crippen MR) is 78.5 cm³/mol. The number of likely N-dealkylation sites (tertiary alicyclic amines) is 1. The van der Waals surface area contributed by atoms with E-state index in [-0.39, 0.29) is 13.0 Å². The lowest BCUT2D eigenvalue weighted by molar-refractivity contribution is -0.146. The van der Waals surface area contributed by atoms with Crippen molar-refractivity contribution in [2.45, 2.75) is 51.9 Å². The minimum absolute atomic E-state index is 0.106. The summed E-state index contributed by atoms with van der Waals surface area (Å²) in [5.41, 5.74) is -2.61. The Labute approximate surface area is 137 Å². The molecule has 0 radical (unpaired) electrons. The molecular weight excluding hydrogens is 327 g/mol. The molecule has 0 aliphatic carbocycles. The molecule has 1 aliphatic heterocycles. The number of aliphatic carboxylic acids is 1. The quantitative estimate of drug-likeness (QED) is 0.892. The Bertz CT molecular complexity index is 661. The molecular formula is C15H20F3N3O3. The molecule has 1 aliphatic rings. The Kier molecular flexibility index (Phi) is 4.41. The number of carbonyl (C=O) groups is 2. The Morgan fingerprint density at radius 3 is 2.29 bits per heavy atom. The van der Waals surface area contributed by atoms with Crippen LogP contribution in [0.2, 0.25) is 0 Å². The Morgan fingerprint density at radius 2 is 1.88 bits per heavy atom. The Balaban J connectivity index is 2.45. The van der Waals surface area contributed by atoms with E-state index in [1.54, 1.807) is 20.8 Å². The average molecular weight is 347 g/mol. The fourth-order valence-corrected chi connectivity index (χ4v) is 3.00. The van der Waals surface area contributed by atoms with Crippen molar-refractivity contribution < 1.29 is 27.9 Å². The van der Waals surface area contributed by atoms with Crippen LogP contribution >= 0.6 is 0 Å². The van der Waals surface area contributed by atoms with Crippen molar-refractivity contribution in [1.82, 2.24) is 14.7 Å². The van der Waals surface area contributed by atoms with Crippen LogP contribution in [-0.2, 0) is 16.5 Å². The maximum Gasteiger partial charge on any atom is 0.433 e. The van der Waals surface area contributed by atoms with Crippen molar-refractivity contribution >= 4 is 11.9 Å². The van der Waals surface area contributed by atoms with E-state index in [1.165, 1.54) is 11.8 Å². The number of carbonyl (C=O) groups excluding carboxylic acids is 1. The van der Waals surface area contributed by atoms with E-state index >= 15 is 0 Å². The van der Waals surface area contributed by atoms with E-state index in [0.717, 1.165) is 10.9 Å². The summed E-state index contributed by atoms with van der Waals surface area (Å²) in [7, 11) is 0. The second-order valence-electron chi connectivity index (χ2n) is 6.96. The molecule has 2 heterocycles. The lowest BCUT2D eigenvalue weighted by Crippen LogP contribution is -2.39. The van der Waals surface area contributed by atoms with Gasteiger partial charge in [0.15, 0.2) is 5.69 Å². The Hall–Kier alpha value is -2.06. The van der Waals surface area contributed by atoms with Gasteiger partial charge in [-0.3, -0.25) is 14.3 Å². The van der Waals surface area contributed by atoms with Crippen LogP contribution in [-0.4, -0.2) is 44.3 Å². The molecule has 2 atom stereocenters. The first-order valence-corrected chi connectivity index (χ1v) is 7.55. The van der Waals surface area contributed by atoms with Gasteiger partial charge in [0.05, 0.1) is 23.2 Å². The van der Waals surface area contributed by atoms with Gasteiger partial charge in [-0.05, 0) is 34.1 Å². The second kappa shape index (κ2) is 5.78. The van der Waals surface area contributed by atoms with Crippen LogP contribution in [0.4, 0.5) is 13.2 Å². The van der Waals surface area contributed by atoms with Gasteiger partial charge < -0.3 is 10.0 Å². The lowest BCUT2D eigenvalue weighted by atomic mass is 10.0. The van der Waals surface area contributed by atoms with Crippen LogP contribution in [0, 0.1) is 5.92 Å². The lowest BCUT2D eigenvalue weighted by Gasteiger charge is -2.26. The van der Waals surface area contributed by atoms with E-state index in [0.29, 0.717) is 0 Å². The highest BCUT2D eigenvalue weighted by atomic mass is 19.4. The number of carboxylic acids is 1. The van der Waals surface area contributed by atoms with Gasteiger partial charge in [0.1, 0.15) is 0 Å². The van der Waals surface area contributed by atoms with Gasteiger partial charge in [0.2, 0.25) is 0 Å². The average Bonchev–Trinajstić information content (AvgIpc) is 2.99. The summed E-state index contributed by atoms with van der Waals surface area (Å²) >= 11 is 0. The molecule has 1 fully saturated rings. The van der Waals surface area contributed by atoms with Crippen LogP contribution in [0.3, 0.4) is 0 Å². The number of rotatable bonds is 2. The highest BCUT2D eigenvalue weighted by Gasteiger charge is 2.45. The molecule has 2 unspecified atom stereocenters. The summed E-state index contributed by atoms with van der Waals surface area (Å²) < 4.78 is 41.3. The molecule has 0 spiro atoms. The fourth-order valence-electron chi connectivity index (χ4n) is 3.00. The zero-order valence-electron chi connectivity index (χ0n) is 13.9. The number of nitrogens with zero attached hydrogens (tertiary/aromatic N) is 3. The van der Waals surface area contributed by atoms with Gasteiger partial charge in [-0.1, -0.05) is 0 Å². The third kappa shape index (κ3) is 3.11. The fraction of sp³-hybridized carbons (Fsp3) is 0.667. The molecule has 0 aromatic carbocycles. The highest BCUT2D eigenvalue weighted by Crippen LogP contribution is 2.36. The first kappa shape index (κ1) is 18.3. The van der Waals surface area contributed by atoms with E-state index < -0.39 is 46.8 Å². The molecule has 6 nitrogen and oxygen atoms in total. The molecule has 0 bridgehead atoms. The summed E-state index contributed by atoms with van der Waals surface area (Å²) in [6.45, 7) is 6.31. The number of alkyl halides is 3. The van der Waals surface area contributed by atoms with Crippen LogP contribution < -0.4 is 0 Å². The summed E-state index contributed by atoms with van der Waals surface area (Å²) in [6, 6.07) is -0.672. The van der Waals surface area contributed by atoms with Gasteiger partial charge in [0, 0.05) is 12.6 Å². The number of hydrogen-bond acceptors (Lipinski definition) is 3. The van der Waals surface area contributed by atoms with Crippen molar-refractivity contribution in [2.24, 2.45) is 5.92 Å². The van der Waals surface area contributed by atoms with Gasteiger partial charge in [-0.25, -0.2) is 0 Å². The third-order valence-electron chi connectivity index (χ3n) is 4.24. The number of carboxylic acid groups (broad SMARTS) is 1. The monoisotopic (exact) mass is 347 g/mol. The van der Waals surface area contributed by atoms with Crippen molar-refractivity contribution in [2.75, 3.05) is 6.54 Å². The van der Waals surface area contributed by atoms with Crippen molar-refractivity contribution in [3.05, 3.63) is 17.5 Å². The van der Waals surface area contributed by atoms with E-state index in [4.69, 9.17) is 5.11 Å². The molecule has 9 heteroatoms. The largest absolute Gasteiger partial charge is 0.481 e. The smallest absolute Gasteiger partial charge is 0.433 e. The Morgan fingerprint density at radius 1 is 1.29 bits per heavy atom. The second-order valence-corrected chi connectivity index (χ2v) is 6.96. The van der Waals surface area contributed by atoms with Gasteiger partial charge in [-0.2, -0.15) is 18.3 Å². The molecule has 1 aromatic rings. The number of hydrogen-bond donors (Lipinski definition) is 1. The van der Waals surface area contributed by atoms with Crippen LogP contribution in [0.5, 0.6) is 0 Å². The number of amides is 1. The first-order valence-electron chi connectivity index (χ1n) is 7.55. The highest BCUT2D eigenvalue weighted by molar-refractivity contribution is 5.96. The van der Waals surface area contributed by atoms with Crippen LogP contribution in [0.15, 0.2) is 6.20 Å². The first-order chi connectivity index (χ1) is 10.9. The molecule has 1 saturated heterocycles.